The van der Waals surface area contributed by atoms with Crippen LogP contribution in [0.5, 0.6) is 5.75 Å². The molecule has 2 aromatic rings. The number of nitrogens with one attached hydrogen (secondary N) is 1. The average molecular weight is 206 g/mol. The van der Waals surface area contributed by atoms with E-state index in [1.165, 1.54) is 13.2 Å². The van der Waals surface area contributed by atoms with E-state index in [-0.39, 0.29) is 5.82 Å². The van der Waals surface area contributed by atoms with Gasteiger partial charge in [0.15, 0.2) is 0 Å². The highest BCUT2D eigenvalue weighted by Crippen LogP contribution is 2.32. The minimum Gasteiger partial charge on any atom is -0.496 e. The van der Waals surface area contributed by atoms with Crippen LogP contribution in [0.4, 0.5) is 4.39 Å². The Hall–Kier alpha value is -1.84. The molecule has 15 heavy (non-hydrogen) atoms. The number of rotatable bonds is 2. The molecule has 3 nitrogen and oxygen atoms in total. The molecular weight excluding hydrogens is 195 g/mol. The smallest absolute Gasteiger partial charge is 0.135 e. The van der Waals surface area contributed by atoms with Gasteiger partial charge < -0.3 is 4.74 Å². The summed E-state index contributed by atoms with van der Waals surface area (Å²) >= 11 is 0. The maximum absolute atomic E-state index is 13.7. The zero-order valence-electron chi connectivity index (χ0n) is 8.54. The summed E-state index contributed by atoms with van der Waals surface area (Å²) in [5, 5.41) is 6.44. The predicted octanol–water partition coefficient (Wildman–Crippen LogP) is 2.53. The van der Waals surface area contributed by atoms with Gasteiger partial charge in [-0.25, -0.2) is 4.39 Å². The number of aryl methyl sites for hydroxylation is 1. The summed E-state index contributed by atoms with van der Waals surface area (Å²) in [6, 6.07) is 3.27. The molecule has 1 aromatic carbocycles. The van der Waals surface area contributed by atoms with Crippen molar-refractivity contribution in [1.82, 2.24) is 10.2 Å². The fraction of sp³-hybridized carbons (Fsp3) is 0.182. The van der Waals surface area contributed by atoms with Gasteiger partial charge in [-0.3, -0.25) is 5.10 Å². The highest BCUT2D eigenvalue weighted by molar-refractivity contribution is 5.70. The van der Waals surface area contributed by atoms with Crippen molar-refractivity contribution in [2.45, 2.75) is 6.92 Å². The van der Waals surface area contributed by atoms with E-state index in [1.807, 2.05) is 6.92 Å². The molecule has 0 bridgehead atoms. The van der Waals surface area contributed by atoms with Crippen LogP contribution in [0.2, 0.25) is 0 Å². The summed E-state index contributed by atoms with van der Waals surface area (Å²) in [4.78, 5) is 0. The van der Waals surface area contributed by atoms with E-state index in [0.717, 1.165) is 5.56 Å². The monoisotopic (exact) mass is 206 g/mol. The lowest BCUT2D eigenvalue weighted by atomic mass is 10.1. The molecule has 0 aliphatic carbocycles. The number of hydrogen-bond acceptors (Lipinski definition) is 2. The van der Waals surface area contributed by atoms with E-state index < -0.39 is 0 Å². The Bertz CT molecular complexity index is 466. The zero-order chi connectivity index (χ0) is 10.8. The molecule has 2 rings (SSSR count). The lowest BCUT2D eigenvalue weighted by Crippen LogP contribution is -1.92. The minimum atomic E-state index is -0.298. The van der Waals surface area contributed by atoms with Crippen LogP contribution in [0.25, 0.3) is 11.1 Å². The molecule has 0 saturated carbocycles. The molecule has 78 valence electrons. The van der Waals surface area contributed by atoms with Gasteiger partial charge in [0.2, 0.25) is 0 Å². The van der Waals surface area contributed by atoms with Crippen molar-refractivity contribution in [1.29, 1.82) is 0 Å². The van der Waals surface area contributed by atoms with E-state index in [9.17, 15) is 4.39 Å². The van der Waals surface area contributed by atoms with Crippen molar-refractivity contribution in [3.63, 3.8) is 0 Å². The van der Waals surface area contributed by atoms with Crippen molar-refractivity contribution >= 4 is 0 Å². The third kappa shape index (κ3) is 1.70. The first-order valence-corrected chi connectivity index (χ1v) is 4.55. The third-order valence-electron chi connectivity index (χ3n) is 2.21. The second kappa shape index (κ2) is 3.73. The first-order chi connectivity index (χ1) is 7.22. The standard InChI is InChI=1S/C11H11FN2O/c1-7-3-9(12)11(10(4-7)15-2)8-5-13-14-6-8/h3-6H,1-2H3,(H,13,14). The van der Waals surface area contributed by atoms with Gasteiger partial charge >= 0.3 is 0 Å². The number of halogens is 1. The van der Waals surface area contributed by atoms with Crippen LogP contribution in [0.15, 0.2) is 24.5 Å². The Kier molecular flexibility index (Phi) is 2.41. The Morgan fingerprint density at radius 3 is 2.80 bits per heavy atom. The summed E-state index contributed by atoms with van der Waals surface area (Å²) in [6.45, 7) is 1.82. The summed E-state index contributed by atoms with van der Waals surface area (Å²) in [5.74, 6) is 0.224. The second-order valence-electron chi connectivity index (χ2n) is 3.31. The molecule has 0 spiro atoms. The number of methoxy groups -OCH3 is 1. The van der Waals surface area contributed by atoms with Crippen LogP contribution < -0.4 is 4.74 Å². The number of aromatic nitrogens is 2. The molecule has 0 radical (unpaired) electrons. The Labute approximate surface area is 86.9 Å². The molecule has 1 N–H and O–H groups in total. The van der Waals surface area contributed by atoms with Gasteiger partial charge in [-0.15, -0.1) is 0 Å². The van der Waals surface area contributed by atoms with Crippen molar-refractivity contribution in [2.24, 2.45) is 0 Å². The molecule has 0 aliphatic heterocycles. The van der Waals surface area contributed by atoms with E-state index in [0.29, 0.717) is 16.9 Å². The van der Waals surface area contributed by atoms with E-state index in [4.69, 9.17) is 4.74 Å². The van der Waals surface area contributed by atoms with Gasteiger partial charge in [0.25, 0.3) is 0 Å². The molecular formula is C11H11FN2O. The Morgan fingerprint density at radius 1 is 1.40 bits per heavy atom. The second-order valence-corrected chi connectivity index (χ2v) is 3.31. The summed E-state index contributed by atoms with van der Waals surface area (Å²) in [6.07, 6.45) is 3.20. The highest BCUT2D eigenvalue weighted by Gasteiger charge is 2.13. The van der Waals surface area contributed by atoms with Crippen LogP contribution in [0, 0.1) is 12.7 Å². The largest absolute Gasteiger partial charge is 0.496 e. The maximum Gasteiger partial charge on any atom is 0.135 e. The fourth-order valence-corrected chi connectivity index (χ4v) is 1.54. The summed E-state index contributed by atoms with van der Waals surface area (Å²) in [5.41, 5.74) is 1.96. The van der Waals surface area contributed by atoms with Crippen LogP contribution in [0.3, 0.4) is 0 Å². The first kappa shape index (κ1) is 9.71. The van der Waals surface area contributed by atoms with Gasteiger partial charge in [-0.2, -0.15) is 5.10 Å². The zero-order valence-corrected chi connectivity index (χ0v) is 8.54. The molecule has 0 amide bonds. The number of ether oxygens (including phenoxy) is 1. The molecule has 0 atom stereocenters. The Morgan fingerprint density at radius 2 is 2.20 bits per heavy atom. The number of nitrogens with zero attached hydrogens (tertiary/aromatic N) is 1. The quantitative estimate of drug-likeness (QED) is 0.819. The van der Waals surface area contributed by atoms with Crippen LogP contribution in [0.1, 0.15) is 5.56 Å². The number of H-pyrrole nitrogens is 1. The molecule has 0 saturated heterocycles. The van der Waals surface area contributed by atoms with Gasteiger partial charge in [-0.1, -0.05) is 0 Å². The minimum absolute atomic E-state index is 0.298. The molecule has 0 aliphatic rings. The maximum atomic E-state index is 13.7. The highest BCUT2D eigenvalue weighted by atomic mass is 19.1. The van der Waals surface area contributed by atoms with Crippen LogP contribution >= 0.6 is 0 Å². The van der Waals surface area contributed by atoms with E-state index in [1.54, 1.807) is 18.5 Å². The van der Waals surface area contributed by atoms with Crippen molar-refractivity contribution in [3.8, 4) is 16.9 Å². The molecule has 0 unspecified atom stereocenters. The first-order valence-electron chi connectivity index (χ1n) is 4.55. The van der Waals surface area contributed by atoms with Crippen molar-refractivity contribution in [3.05, 3.63) is 35.9 Å². The lowest BCUT2D eigenvalue weighted by molar-refractivity contribution is 0.413. The van der Waals surface area contributed by atoms with Gasteiger partial charge in [0.1, 0.15) is 11.6 Å². The third-order valence-corrected chi connectivity index (χ3v) is 2.21. The van der Waals surface area contributed by atoms with E-state index in [2.05, 4.69) is 10.2 Å². The normalized spacial score (nSPS) is 10.3. The van der Waals surface area contributed by atoms with Crippen LogP contribution in [-0.4, -0.2) is 17.3 Å². The SMILES string of the molecule is COc1cc(C)cc(F)c1-c1cn[nH]c1. The lowest BCUT2D eigenvalue weighted by Gasteiger charge is -2.08. The fourth-order valence-electron chi connectivity index (χ4n) is 1.54. The average Bonchev–Trinajstić information content (AvgIpc) is 2.69. The Balaban J connectivity index is 2.64. The van der Waals surface area contributed by atoms with Crippen molar-refractivity contribution < 1.29 is 9.13 Å². The molecule has 4 heteroatoms. The van der Waals surface area contributed by atoms with Gasteiger partial charge in [-0.05, 0) is 24.6 Å². The molecule has 1 aromatic heterocycles. The number of aromatic amines is 1. The number of benzene rings is 1. The van der Waals surface area contributed by atoms with Gasteiger partial charge in [0.05, 0.1) is 18.9 Å². The predicted molar refractivity (Wildman–Crippen MR) is 55.3 cm³/mol. The topological polar surface area (TPSA) is 37.9 Å². The summed E-state index contributed by atoms with van der Waals surface area (Å²) in [7, 11) is 1.53. The van der Waals surface area contributed by atoms with Gasteiger partial charge in [0, 0.05) is 11.8 Å². The van der Waals surface area contributed by atoms with Crippen molar-refractivity contribution in [2.75, 3.05) is 7.11 Å². The summed E-state index contributed by atoms with van der Waals surface area (Å²) < 4.78 is 18.9. The molecule has 0 fully saturated rings. The number of hydrogen-bond donors (Lipinski definition) is 1. The van der Waals surface area contributed by atoms with Crippen LogP contribution in [-0.2, 0) is 0 Å². The van der Waals surface area contributed by atoms with E-state index >= 15 is 0 Å². The molecule has 1 heterocycles.